The van der Waals surface area contributed by atoms with Crippen LogP contribution in [0.2, 0.25) is 0 Å². The molecule has 2 atom stereocenters. The van der Waals surface area contributed by atoms with Crippen LogP contribution >= 0.6 is 0 Å². The van der Waals surface area contributed by atoms with Crippen molar-refractivity contribution < 1.29 is 4.74 Å². The molecule has 1 heterocycles. The van der Waals surface area contributed by atoms with E-state index in [1.807, 2.05) is 6.07 Å². The molecule has 1 aromatic carbocycles. The van der Waals surface area contributed by atoms with Gasteiger partial charge in [-0.05, 0) is 45.2 Å². The largest absolute Gasteiger partial charge is 0.497 e. The molecule has 0 radical (unpaired) electrons. The minimum Gasteiger partial charge on any atom is -0.497 e. The molecule has 2 nitrogen and oxygen atoms in total. The molecule has 2 rings (SSSR count). The first-order valence-corrected chi connectivity index (χ1v) is 6.14. The third-order valence-corrected chi connectivity index (χ3v) is 3.54. The van der Waals surface area contributed by atoms with Gasteiger partial charge in [0.05, 0.1) is 7.11 Å². The highest BCUT2D eigenvalue weighted by molar-refractivity contribution is 5.52. The lowest BCUT2D eigenvalue weighted by Crippen LogP contribution is -2.43. The number of anilines is 1. The van der Waals surface area contributed by atoms with E-state index in [1.54, 1.807) is 7.11 Å². The zero-order valence-electron chi connectivity index (χ0n) is 10.4. The lowest BCUT2D eigenvalue weighted by molar-refractivity contribution is 0.406. The second-order valence-electron chi connectivity index (χ2n) is 4.74. The van der Waals surface area contributed by atoms with Crippen LogP contribution in [0.5, 0.6) is 5.75 Å². The van der Waals surface area contributed by atoms with Gasteiger partial charge in [0, 0.05) is 23.8 Å². The Bertz CT molecular complexity index is 340. The average molecular weight is 219 g/mol. The van der Waals surface area contributed by atoms with Crippen LogP contribution in [0.25, 0.3) is 0 Å². The molecule has 2 heteroatoms. The summed E-state index contributed by atoms with van der Waals surface area (Å²) in [6, 6.07) is 9.66. The number of nitrogens with zero attached hydrogens (tertiary/aromatic N) is 1. The van der Waals surface area contributed by atoms with E-state index in [2.05, 4.69) is 36.9 Å². The van der Waals surface area contributed by atoms with Crippen LogP contribution in [0, 0.1) is 0 Å². The van der Waals surface area contributed by atoms with Gasteiger partial charge in [-0.2, -0.15) is 0 Å². The first-order chi connectivity index (χ1) is 7.72. The number of hydrogen-bond donors (Lipinski definition) is 0. The molecule has 0 aromatic heterocycles. The first-order valence-electron chi connectivity index (χ1n) is 6.14. The van der Waals surface area contributed by atoms with Gasteiger partial charge in [-0.15, -0.1) is 0 Å². The van der Waals surface area contributed by atoms with Crippen molar-refractivity contribution in [2.24, 2.45) is 0 Å². The number of ether oxygens (including phenoxy) is 1. The zero-order chi connectivity index (χ0) is 11.5. The summed E-state index contributed by atoms with van der Waals surface area (Å²) >= 11 is 0. The topological polar surface area (TPSA) is 12.5 Å². The van der Waals surface area contributed by atoms with Gasteiger partial charge >= 0.3 is 0 Å². The summed E-state index contributed by atoms with van der Waals surface area (Å²) in [7, 11) is 1.72. The van der Waals surface area contributed by atoms with Gasteiger partial charge in [0.15, 0.2) is 0 Å². The summed E-state index contributed by atoms with van der Waals surface area (Å²) in [5.74, 6) is 0.947. The molecule has 1 fully saturated rings. The molecule has 0 N–H and O–H groups in total. The molecule has 0 aliphatic carbocycles. The fourth-order valence-corrected chi connectivity index (χ4v) is 2.70. The molecule has 1 aliphatic heterocycles. The van der Waals surface area contributed by atoms with Crippen molar-refractivity contribution in [2.45, 2.75) is 45.2 Å². The van der Waals surface area contributed by atoms with E-state index in [0.717, 1.165) is 5.75 Å². The quantitative estimate of drug-likeness (QED) is 0.755. The minimum atomic E-state index is 0.635. The van der Waals surface area contributed by atoms with Gasteiger partial charge < -0.3 is 9.64 Å². The van der Waals surface area contributed by atoms with Crippen molar-refractivity contribution in [1.82, 2.24) is 0 Å². The Morgan fingerprint density at radius 1 is 1.19 bits per heavy atom. The Morgan fingerprint density at radius 2 is 1.88 bits per heavy atom. The summed E-state index contributed by atoms with van der Waals surface area (Å²) < 4.78 is 5.29. The maximum absolute atomic E-state index is 5.29. The van der Waals surface area contributed by atoms with Crippen molar-refractivity contribution >= 4 is 5.69 Å². The molecule has 1 aromatic rings. The lowest BCUT2D eigenvalue weighted by Gasteiger charge is -2.41. The van der Waals surface area contributed by atoms with E-state index in [9.17, 15) is 0 Å². The fraction of sp³-hybridized carbons (Fsp3) is 0.571. The number of hydrogen-bond acceptors (Lipinski definition) is 2. The Morgan fingerprint density at radius 3 is 2.50 bits per heavy atom. The normalized spacial score (nSPS) is 25.6. The van der Waals surface area contributed by atoms with Crippen molar-refractivity contribution in [1.29, 1.82) is 0 Å². The van der Waals surface area contributed by atoms with E-state index in [-0.39, 0.29) is 0 Å². The lowest BCUT2D eigenvalue weighted by atomic mass is 9.96. The van der Waals surface area contributed by atoms with Crippen LogP contribution in [0.1, 0.15) is 33.1 Å². The van der Waals surface area contributed by atoms with Gasteiger partial charge in [0.25, 0.3) is 0 Å². The highest BCUT2D eigenvalue weighted by Gasteiger charge is 2.24. The predicted octanol–water partition coefficient (Wildman–Crippen LogP) is 3.46. The molecule has 2 unspecified atom stereocenters. The molecular weight excluding hydrogens is 198 g/mol. The fourth-order valence-electron chi connectivity index (χ4n) is 2.70. The van der Waals surface area contributed by atoms with E-state index in [4.69, 9.17) is 4.74 Å². The standard InChI is InChI=1S/C14H21NO/c1-11-6-4-7-12(2)15(11)13-8-5-9-14(10-13)16-3/h5,8-12H,4,6-7H2,1-3H3. The van der Waals surface area contributed by atoms with Crippen LogP contribution in [-0.4, -0.2) is 19.2 Å². The highest BCUT2D eigenvalue weighted by Crippen LogP contribution is 2.30. The van der Waals surface area contributed by atoms with Crippen molar-refractivity contribution in [3.05, 3.63) is 24.3 Å². The van der Waals surface area contributed by atoms with E-state index < -0.39 is 0 Å². The molecule has 88 valence electrons. The van der Waals surface area contributed by atoms with Gasteiger partial charge in [-0.25, -0.2) is 0 Å². The predicted molar refractivity (Wildman–Crippen MR) is 68.2 cm³/mol. The maximum atomic E-state index is 5.29. The number of piperidine rings is 1. The van der Waals surface area contributed by atoms with Crippen LogP contribution in [-0.2, 0) is 0 Å². The summed E-state index contributed by atoms with van der Waals surface area (Å²) in [6.07, 6.45) is 3.94. The first kappa shape index (κ1) is 11.3. The van der Waals surface area contributed by atoms with E-state index in [0.29, 0.717) is 12.1 Å². The Kier molecular flexibility index (Phi) is 3.37. The van der Waals surface area contributed by atoms with E-state index >= 15 is 0 Å². The highest BCUT2D eigenvalue weighted by atomic mass is 16.5. The van der Waals surface area contributed by atoms with Crippen molar-refractivity contribution in [3.63, 3.8) is 0 Å². The second kappa shape index (κ2) is 4.77. The Labute approximate surface area is 98.2 Å². The third-order valence-electron chi connectivity index (χ3n) is 3.54. The van der Waals surface area contributed by atoms with Crippen LogP contribution < -0.4 is 9.64 Å². The van der Waals surface area contributed by atoms with E-state index in [1.165, 1.54) is 24.9 Å². The molecular formula is C14H21NO. The summed E-state index contributed by atoms with van der Waals surface area (Å²) in [6.45, 7) is 4.63. The summed E-state index contributed by atoms with van der Waals surface area (Å²) in [4.78, 5) is 2.52. The number of rotatable bonds is 2. The van der Waals surface area contributed by atoms with Crippen molar-refractivity contribution in [3.8, 4) is 5.75 Å². The Hall–Kier alpha value is -1.18. The smallest absolute Gasteiger partial charge is 0.120 e. The zero-order valence-corrected chi connectivity index (χ0v) is 10.4. The molecule has 0 amide bonds. The monoisotopic (exact) mass is 219 g/mol. The number of methoxy groups -OCH3 is 1. The summed E-state index contributed by atoms with van der Waals surface area (Å²) in [5.41, 5.74) is 1.29. The van der Waals surface area contributed by atoms with Crippen LogP contribution in [0.15, 0.2) is 24.3 Å². The minimum absolute atomic E-state index is 0.635. The SMILES string of the molecule is COc1cccc(N2C(C)CCCC2C)c1. The van der Waals surface area contributed by atoms with Gasteiger partial charge in [0.2, 0.25) is 0 Å². The molecule has 0 spiro atoms. The molecule has 0 bridgehead atoms. The average Bonchev–Trinajstić information content (AvgIpc) is 2.29. The third kappa shape index (κ3) is 2.16. The summed E-state index contributed by atoms with van der Waals surface area (Å²) in [5, 5.41) is 0. The van der Waals surface area contributed by atoms with Gasteiger partial charge in [-0.1, -0.05) is 6.07 Å². The molecule has 16 heavy (non-hydrogen) atoms. The Balaban J connectivity index is 2.26. The van der Waals surface area contributed by atoms with Crippen molar-refractivity contribution in [2.75, 3.05) is 12.0 Å². The second-order valence-corrected chi connectivity index (χ2v) is 4.74. The molecule has 1 aliphatic rings. The molecule has 0 saturated carbocycles. The maximum Gasteiger partial charge on any atom is 0.120 e. The van der Waals surface area contributed by atoms with Crippen LogP contribution in [0.4, 0.5) is 5.69 Å². The van der Waals surface area contributed by atoms with Gasteiger partial charge in [0.1, 0.15) is 5.75 Å². The van der Waals surface area contributed by atoms with Crippen LogP contribution in [0.3, 0.4) is 0 Å². The number of benzene rings is 1. The molecule has 1 saturated heterocycles. The van der Waals surface area contributed by atoms with Gasteiger partial charge in [-0.3, -0.25) is 0 Å².